The fourth-order valence-electron chi connectivity index (χ4n) is 4.78. The Bertz CT molecular complexity index is 1930. The molecule has 1 saturated heterocycles. The Morgan fingerprint density at radius 1 is 0.549 bits per heavy atom. The van der Waals surface area contributed by atoms with Crippen LogP contribution in [-0.2, 0) is 38.0 Å². The van der Waals surface area contributed by atoms with Crippen molar-refractivity contribution in [3.8, 4) is 0 Å². The number of benzene rings is 4. The molecule has 16 heteroatoms. The Labute approximate surface area is 288 Å². The lowest BCUT2D eigenvalue weighted by molar-refractivity contribution is -0.279. The van der Waals surface area contributed by atoms with E-state index in [-0.39, 0.29) is 22.3 Å². The lowest BCUT2D eigenvalue weighted by atomic mass is 9.98. The van der Waals surface area contributed by atoms with Crippen LogP contribution >= 0.6 is 0 Å². The first kappa shape index (κ1) is 36.7. The molecule has 0 unspecified atom stereocenters. The normalized spacial score (nSPS) is 20.4. The smallest absolute Gasteiger partial charge is 0.459 e. The monoisotopic (exact) mass is 728 g/mol. The molecule has 0 amide bonds. The van der Waals surface area contributed by atoms with Crippen LogP contribution in [0.15, 0.2) is 121 Å². The standard InChI is InChI=1S/C35H27F3O12S/c36-35(37,38)51(43,44)50-27-26(21-45-30(39)22-13-5-1-6-14-22)46-34(49-33(42)25-19-11-4-12-20-25)29(48-32(41)24-17-9-3-10-18-24)28(27)47-31(40)23-15-7-2-8-16-23/h1-20,26-29,34H,21H2/t26-,27+,28+,29-,34+/m1/s1. The fourth-order valence-corrected chi connectivity index (χ4v) is 5.41. The molecule has 1 aliphatic rings. The second-order valence-corrected chi connectivity index (χ2v) is 12.3. The Balaban J connectivity index is 1.60. The molecule has 0 saturated carbocycles. The lowest BCUT2D eigenvalue weighted by Gasteiger charge is -2.43. The van der Waals surface area contributed by atoms with Gasteiger partial charge in [-0.2, -0.15) is 21.6 Å². The summed E-state index contributed by atoms with van der Waals surface area (Å²) in [6, 6.07) is 28.7. The summed E-state index contributed by atoms with van der Waals surface area (Å²) < 4.78 is 98.5. The van der Waals surface area contributed by atoms with Gasteiger partial charge in [0.05, 0.1) is 22.3 Å². The molecule has 1 heterocycles. The van der Waals surface area contributed by atoms with Gasteiger partial charge in [0.1, 0.15) is 18.8 Å². The summed E-state index contributed by atoms with van der Waals surface area (Å²) in [4.78, 5) is 52.8. The van der Waals surface area contributed by atoms with Gasteiger partial charge >= 0.3 is 39.5 Å². The van der Waals surface area contributed by atoms with Crippen molar-refractivity contribution in [2.24, 2.45) is 0 Å². The third-order valence-corrected chi connectivity index (χ3v) is 8.28. The van der Waals surface area contributed by atoms with E-state index in [2.05, 4.69) is 4.18 Å². The highest BCUT2D eigenvalue weighted by Crippen LogP contribution is 2.35. The van der Waals surface area contributed by atoms with E-state index < -0.39 is 76.8 Å². The molecule has 1 aliphatic heterocycles. The number of carbonyl (C=O) groups excluding carboxylic acids is 4. The molecule has 5 rings (SSSR count). The van der Waals surface area contributed by atoms with Gasteiger partial charge in [-0.05, 0) is 48.5 Å². The third-order valence-electron chi connectivity index (χ3n) is 7.24. The van der Waals surface area contributed by atoms with Crippen molar-refractivity contribution >= 4 is 34.0 Å². The van der Waals surface area contributed by atoms with Crippen LogP contribution in [0.5, 0.6) is 0 Å². The molecule has 0 spiro atoms. The Morgan fingerprint density at radius 2 is 0.922 bits per heavy atom. The molecule has 51 heavy (non-hydrogen) atoms. The van der Waals surface area contributed by atoms with Crippen molar-refractivity contribution in [2.45, 2.75) is 36.2 Å². The van der Waals surface area contributed by atoms with Crippen LogP contribution in [0.2, 0.25) is 0 Å². The van der Waals surface area contributed by atoms with Crippen LogP contribution < -0.4 is 0 Å². The van der Waals surface area contributed by atoms with Gasteiger partial charge in [0.25, 0.3) is 0 Å². The maximum atomic E-state index is 13.8. The van der Waals surface area contributed by atoms with Gasteiger partial charge in [0.15, 0.2) is 6.10 Å². The van der Waals surface area contributed by atoms with Gasteiger partial charge in [-0.3, -0.25) is 4.18 Å². The Hall–Kier alpha value is -5.58. The zero-order valence-electron chi connectivity index (χ0n) is 26.1. The molecule has 0 N–H and O–H groups in total. The summed E-state index contributed by atoms with van der Waals surface area (Å²) in [5.41, 5.74) is -6.30. The van der Waals surface area contributed by atoms with Gasteiger partial charge in [-0.1, -0.05) is 72.8 Å². The molecule has 0 aromatic heterocycles. The van der Waals surface area contributed by atoms with E-state index in [9.17, 15) is 40.8 Å². The number of carbonyl (C=O) groups is 4. The van der Waals surface area contributed by atoms with E-state index in [0.29, 0.717) is 0 Å². The van der Waals surface area contributed by atoms with Crippen LogP contribution in [0.3, 0.4) is 0 Å². The molecule has 12 nitrogen and oxygen atoms in total. The van der Waals surface area contributed by atoms with Crippen molar-refractivity contribution in [2.75, 3.05) is 6.61 Å². The van der Waals surface area contributed by atoms with Crippen LogP contribution in [0.4, 0.5) is 13.2 Å². The molecule has 5 atom stereocenters. The molecule has 4 aromatic rings. The highest BCUT2D eigenvalue weighted by Gasteiger charge is 2.58. The van der Waals surface area contributed by atoms with Crippen molar-refractivity contribution in [3.63, 3.8) is 0 Å². The molecular formula is C35H27F3O12S. The molecule has 1 fully saturated rings. The number of ether oxygens (including phenoxy) is 5. The lowest BCUT2D eigenvalue weighted by Crippen LogP contribution is -2.63. The predicted octanol–water partition coefficient (Wildman–Crippen LogP) is 5.11. The number of hydrogen-bond donors (Lipinski definition) is 0. The Morgan fingerprint density at radius 3 is 1.33 bits per heavy atom. The first-order valence-electron chi connectivity index (χ1n) is 15.0. The van der Waals surface area contributed by atoms with E-state index in [1.165, 1.54) is 97.1 Å². The average Bonchev–Trinajstić information content (AvgIpc) is 3.13. The predicted molar refractivity (Wildman–Crippen MR) is 168 cm³/mol. The summed E-state index contributed by atoms with van der Waals surface area (Å²) >= 11 is 0. The van der Waals surface area contributed by atoms with Gasteiger partial charge in [-0.25, -0.2) is 19.2 Å². The largest absolute Gasteiger partial charge is 0.523 e. The minimum atomic E-state index is -6.50. The summed E-state index contributed by atoms with van der Waals surface area (Å²) in [6.07, 6.45) is -11.1. The SMILES string of the molecule is O=C(OC[C@H]1O[C@@H](OC(=O)c2ccccc2)[C@H](OC(=O)c2ccccc2)[C@@H](OC(=O)c2ccccc2)[C@H]1OS(=O)(=O)C(F)(F)F)c1ccccc1. The minimum absolute atomic E-state index is 0.00229. The maximum Gasteiger partial charge on any atom is 0.523 e. The van der Waals surface area contributed by atoms with Gasteiger partial charge in [0.2, 0.25) is 12.4 Å². The number of hydrogen-bond acceptors (Lipinski definition) is 12. The maximum absolute atomic E-state index is 13.8. The van der Waals surface area contributed by atoms with Crippen molar-refractivity contribution < 1.29 is 68.6 Å². The average molecular weight is 729 g/mol. The number of rotatable bonds is 11. The summed E-state index contributed by atoms with van der Waals surface area (Å²) in [7, 11) is -6.50. The van der Waals surface area contributed by atoms with Crippen LogP contribution in [-0.4, -0.2) is 75.1 Å². The molecular weight excluding hydrogens is 701 g/mol. The van der Waals surface area contributed by atoms with E-state index in [4.69, 9.17) is 23.7 Å². The molecule has 0 aliphatic carbocycles. The van der Waals surface area contributed by atoms with Crippen molar-refractivity contribution in [3.05, 3.63) is 144 Å². The topological polar surface area (TPSA) is 158 Å². The van der Waals surface area contributed by atoms with Crippen LogP contribution in [0.25, 0.3) is 0 Å². The summed E-state index contributed by atoms with van der Waals surface area (Å²) in [6.45, 7) is -1.02. The molecule has 266 valence electrons. The second-order valence-electron chi connectivity index (χ2n) is 10.7. The number of esters is 4. The number of halogens is 3. The highest BCUT2D eigenvalue weighted by atomic mass is 32.2. The quantitative estimate of drug-likeness (QED) is 0.0871. The zero-order valence-corrected chi connectivity index (χ0v) is 26.9. The fraction of sp³-hybridized carbons (Fsp3) is 0.200. The van der Waals surface area contributed by atoms with E-state index in [1.807, 2.05) is 0 Å². The van der Waals surface area contributed by atoms with Gasteiger partial charge in [0, 0.05) is 0 Å². The third kappa shape index (κ3) is 9.16. The first-order chi connectivity index (χ1) is 24.3. The molecule has 4 aromatic carbocycles. The molecule has 0 bridgehead atoms. The van der Waals surface area contributed by atoms with E-state index in [1.54, 1.807) is 24.3 Å². The minimum Gasteiger partial charge on any atom is -0.459 e. The zero-order chi connectivity index (χ0) is 36.6. The van der Waals surface area contributed by atoms with Gasteiger partial charge in [-0.15, -0.1) is 0 Å². The van der Waals surface area contributed by atoms with E-state index >= 15 is 0 Å². The second kappa shape index (κ2) is 16.0. The highest BCUT2D eigenvalue weighted by molar-refractivity contribution is 7.87. The van der Waals surface area contributed by atoms with Crippen LogP contribution in [0, 0.1) is 0 Å². The van der Waals surface area contributed by atoms with Gasteiger partial charge < -0.3 is 23.7 Å². The Kier molecular flexibility index (Phi) is 11.5. The van der Waals surface area contributed by atoms with Crippen LogP contribution in [0.1, 0.15) is 41.4 Å². The first-order valence-corrected chi connectivity index (χ1v) is 16.4. The molecule has 0 radical (unpaired) electrons. The van der Waals surface area contributed by atoms with Crippen molar-refractivity contribution in [1.82, 2.24) is 0 Å². The van der Waals surface area contributed by atoms with Crippen molar-refractivity contribution in [1.29, 1.82) is 0 Å². The summed E-state index contributed by atoms with van der Waals surface area (Å²) in [5, 5.41) is 0. The van der Waals surface area contributed by atoms with E-state index in [0.717, 1.165) is 0 Å². The summed E-state index contributed by atoms with van der Waals surface area (Å²) in [5.74, 6) is -4.48. The number of alkyl halides is 3.